The van der Waals surface area contributed by atoms with Crippen molar-refractivity contribution in [2.75, 3.05) is 7.11 Å². The number of hydrogen-bond acceptors (Lipinski definition) is 5. The summed E-state index contributed by atoms with van der Waals surface area (Å²) in [6.07, 6.45) is 2.84. The van der Waals surface area contributed by atoms with Crippen LogP contribution in [-0.4, -0.2) is 31.9 Å². The predicted molar refractivity (Wildman–Crippen MR) is 105 cm³/mol. The average molecular weight is 401 g/mol. The molecule has 0 amide bonds. The number of nitrogens with zero attached hydrogens (tertiary/aromatic N) is 1. The van der Waals surface area contributed by atoms with Crippen LogP contribution in [0.25, 0.3) is 0 Å². The fourth-order valence-corrected chi connectivity index (χ4v) is 4.61. The Balaban J connectivity index is 1.95. The van der Waals surface area contributed by atoms with Gasteiger partial charge >= 0.3 is 5.97 Å². The average Bonchev–Trinajstić information content (AvgIpc) is 2.70. The van der Waals surface area contributed by atoms with Gasteiger partial charge in [-0.2, -0.15) is 5.26 Å². The van der Waals surface area contributed by atoms with Gasteiger partial charge in [0, 0.05) is 0 Å². The van der Waals surface area contributed by atoms with Crippen LogP contribution in [0.15, 0.2) is 53.4 Å². The maximum Gasteiger partial charge on any atom is 0.322 e. The molecule has 28 heavy (non-hydrogen) atoms. The van der Waals surface area contributed by atoms with Crippen LogP contribution >= 0.6 is 0 Å². The summed E-state index contributed by atoms with van der Waals surface area (Å²) in [6, 6.07) is 14.9. The van der Waals surface area contributed by atoms with E-state index < -0.39 is 21.1 Å². The Morgan fingerprint density at radius 3 is 2.39 bits per heavy atom. The topological polar surface area (TPSA) is 104 Å². The van der Waals surface area contributed by atoms with Crippen molar-refractivity contribution in [2.24, 2.45) is 0 Å². The zero-order valence-corrected chi connectivity index (χ0v) is 16.5. The number of hydrogen-bond donors (Lipinski definition) is 1. The van der Waals surface area contributed by atoms with Gasteiger partial charge in [0.1, 0.15) is 5.75 Å². The summed E-state index contributed by atoms with van der Waals surface area (Å²) in [4.78, 5) is 11.5. The normalized spacial score (nSPS) is 12.1. The fraction of sp³-hybridized carbons (Fsp3) is 0.333. The van der Waals surface area contributed by atoms with Crippen LogP contribution < -0.4 is 4.74 Å². The van der Waals surface area contributed by atoms with Crippen LogP contribution in [0.1, 0.15) is 36.8 Å². The first-order chi connectivity index (χ1) is 13.4. The second kappa shape index (κ2) is 9.90. The minimum atomic E-state index is -4.00. The zero-order chi connectivity index (χ0) is 20.6. The second-order valence-corrected chi connectivity index (χ2v) is 8.55. The molecule has 0 fully saturated rings. The van der Waals surface area contributed by atoms with E-state index in [1.165, 1.54) is 24.3 Å². The smallest absolute Gasteiger partial charge is 0.322 e. The van der Waals surface area contributed by atoms with Gasteiger partial charge in [-0.25, -0.2) is 8.42 Å². The molecule has 2 aromatic carbocycles. The Morgan fingerprint density at radius 2 is 1.79 bits per heavy atom. The first-order valence-corrected chi connectivity index (χ1v) is 10.5. The molecule has 7 heteroatoms. The van der Waals surface area contributed by atoms with Crippen LogP contribution in [0.4, 0.5) is 0 Å². The summed E-state index contributed by atoms with van der Waals surface area (Å²) in [6.45, 7) is 0. The van der Waals surface area contributed by atoms with Crippen molar-refractivity contribution in [2.45, 2.75) is 42.2 Å². The highest BCUT2D eigenvalue weighted by Gasteiger charge is 2.33. The minimum Gasteiger partial charge on any atom is -0.496 e. The third-order valence-electron chi connectivity index (χ3n) is 4.57. The minimum absolute atomic E-state index is 0.0452. The molecular formula is C21H23NO5S. The van der Waals surface area contributed by atoms with E-state index in [0.29, 0.717) is 18.4 Å². The lowest BCUT2D eigenvalue weighted by atomic mass is 10.0. The Morgan fingerprint density at radius 1 is 1.11 bits per heavy atom. The van der Waals surface area contributed by atoms with Crippen LogP contribution in [0.2, 0.25) is 0 Å². The molecule has 148 valence electrons. The quantitative estimate of drug-likeness (QED) is 0.610. The Hall–Kier alpha value is -2.85. The summed E-state index contributed by atoms with van der Waals surface area (Å²) >= 11 is 0. The van der Waals surface area contributed by atoms with Crippen molar-refractivity contribution >= 4 is 15.8 Å². The van der Waals surface area contributed by atoms with Crippen molar-refractivity contribution in [1.82, 2.24) is 0 Å². The summed E-state index contributed by atoms with van der Waals surface area (Å²) in [5, 5.41) is 16.7. The second-order valence-electron chi connectivity index (χ2n) is 6.42. The van der Waals surface area contributed by atoms with E-state index >= 15 is 0 Å². The zero-order valence-electron chi connectivity index (χ0n) is 15.7. The maximum atomic E-state index is 12.7. The molecule has 0 aliphatic carbocycles. The van der Waals surface area contributed by atoms with E-state index in [4.69, 9.17) is 10.00 Å². The van der Waals surface area contributed by atoms with Crippen molar-refractivity contribution in [1.29, 1.82) is 5.26 Å². The first kappa shape index (κ1) is 21.5. The van der Waals surface area contributed by atoms with Crippen LogP contribution in [0.5, 0.6) is 5.75 Å². The van der Waals surface area contributed by atoms with Gasteiger partial charge in [-0.3, -0.25) is 4.79 Å². The van der Waals surface area contributed by atoms with Crippen LogP contribution in [0, 0.1) is 11.3 Å². The number of sulfone groups is 1. The number of para-hydroxylation sites is 1. The molecule has 0 radical (unpaired) electrons. The molecule has 0 saturated heterocycles. The van der Waals surface area contributed by atoms with E-state index in [2.05, 4.69) is 0 Å². The number of carbonyl (C=O) groups is 1. The summed E-state index contributed by atoms with van der Waals surface area (Å²) < 4.78 is 30.6. The lowest BCUT2D eigenvalue weighted by Crippen LogP contribution is -2.30. The molecule has 0 bridgehead atoms. The van der Waals surface area contributed by atoms with Crippen molar-refractivity contribution < 1.29 is 23.1 Å². The van der Waals surface area contributed by atoms with E-state index in [1.807, 2.05) is 30.3 Å². The third kappa shape index (κ3) is 5.33. The van der Waals surface area contributed by atoms with Crippen LogP contribution in [-0.2, 0) is 21.1 Å². The van der Waals surface area contributed by atoms with Gasteiger partial charge < -0.3 is 9.84 Å². The number of benzene rings is 2. The number of aliphatic carboxylic acids is 1. The Bertz CT molecular complexity index is 946. The Kier molecular flexibility index (Phi) is 7.59. The van der Waals surface area contributed by atoms with Gasteiger partial charge in [0.15, 0.2) is 15.1 Å². The predicted octanol–water partition coefficient (Wildman–Crippen LogP) is 3.60. The SMILES string of the molecule is COc1ccccc1CCCCCC(C(=O)O)S(=O)(=O)c1ccc(C#N)cc1. The maximum absolute atomic E-state index is 12.7. The number of unbranched alkanes of at least 4 members (excludes halogenated alkanes) is 2. The highest BCUT2D eigenvalue weighted by atomic mass is 32.2. The molecule has 0 heterocycles. The molecular weight excluding hydrogens is 378 g/mol. The van der Waals surface area contributed by atoms with Crippen LogP contribution in [0.3, 0.4) is 0 Å². The molecule has 2 rings (SSSR count). The molecule has 1 N–H and O–H groups in total. The number of nitriles is 1. The molecule has 0 spiro atoms. The largest absolute Gasteiger partial charge is 0.496 e. The molecule has 2 aromatic rings. The van der Waals surface area contributed by atoms with Gasteiger partial charge in [0.25, 0.3) is 0 Å². The van der Waals surface area contributed by atoms with E-state index in [1.54, 1.807) is 7.11 Å². The number of aryl methyl sites for hydroxylation is 1. The van der Waals surface area contributed by atoms with E-state index in [9.17, 15) is 18.3 Å². The first-order valence-electron chi connectivity index (χ1n) is 8.99. The van der Waals surface area contributed by atoms with Gasteiger partial charge in [-0.15, -0.1) is 0 Å². The number of carboxylic acids is 1. The molecule has 1 unspecified atom stereocenters. The molecule has 6 nitrogen and oxygen atoms in total. The number of methoxy groups -OCH3 is 1. The molecule has 0 aliphatic rings. The summed E-state index contributed by atoms with van der Waals surface area (Å²) in [5.74, 6) is -0.539. The summed E-state index contributed by atoms with van der Waals surface area (Å²) in [5.41, 5.74) is 1.40. The number of carboxylic acid groups (broad SMARTS) is 1. The standard InChI is InChI=1S/C21H23NO5S/c1-27-19-9-6-5-8-17(19)7-3-2-4-10-20(21(23)24)28(25,26)18-13-11-16(15-22)12-14-18/h5-6,8-9,11-14,20H,2-4,7,10H2,1H3,(H,23,24). The lowest BCUT2D eigenvalue weighted by molar-refractivity contribution is -0.136. The van der Waals surface area contributed by atoms with Crippen molar-refractivity contribution in [3.05, 3.63) is 59.7 Å². The molecule has 0 aromatic heterocycles. The molecule has 1 atom stereocenters. The van der Waals surface area contributed by atoms with Gasteiger partial charge in [0.05, 0.1) is 23.6 Å². The fourth-order valence-electron chi connectivity index (χ4n) is 3.03. The van der Waals surface area contributed by atoms with E-state index in [0.717, 1.165) is 24.2 Å². The highest BCUT2D eigenvalue weighted by molar-refractivity contribution is 7.92. The van der Waals surface area contributed by atoms with E-state index in [-0.39, 0.29) is 11.3 Å². The lowest BCUT2D eigenvalue weighted by Gasteiger charge is -2.14. The van der Waals surface area contributed by atoms with Crippen molar-refractivity contribution in [3.63, 3.8) is 0 Å². The highest BCUT2D eigenvalue weighted by Crippen LogP contribution is 2.23. The van der Waals surface area contributed by atoms with Gasteiger partial charge in [-0.05, 0) is 55.2 Å². The third-order valence-corrected chi connectivity index (χ3v) is 6.68. The Labute approximate surface area is 165 Å². The summed E-state index contributed by atoms with van der Waals surface area (Å²) in [7, 11) is -2.39. The monoisotopic (exact) mass is 401 g/mol. The molecule has 0 saturated carbocycles. The van der Waals surface area contributed by atoms with Crippen molar-refractivity contribution in [3.8, 4) is 11.8 Å². The molecule has 0 aliphatic heterocycles. The van der Waals surface area contributed by atoms with Gasteiger partial charge in [-0.1, -0.05) is 31.0 Å². The number of rotatable bonds is 10. The number of ether oxygens (including phenoxy) is 1. The van der Waals surface area contributed by atoms with Gasteiger partial charge in [0.2, 0.25) is 0 Å².